The number of nitrogens with one attached hydrogen (secondary N) is 1. The topological polar surface area (TPSA) is 68.5 Å². The first-order valence-corrected chi connectivity index (χ1v) is 8.57. The molecule has 1 aromatic heterocycles. The van der Waals surface area contributed by atoms with Crippen molar-refractivity contribution in [3.8, 4) is 0 Å². The Balaban J connectivity index is 2.03. The van der Waals surface area contributed by atoms with Crippen LogP contribution in [0.25, 0.3) is 0 Å². The normalized spacial score (nSPS) is 13.2. The predicted octanol–water partition coefficient (Wildman–Crippen LogP) is 4.74. The van der Waals surface area contributed by atoms with Crippen LogP contribution in [0.5, 0.6) is 0 Å². The molecule has 1 heterocycles. The van der Waals surface area contributed by atoms with Gasteiger partial charge < -0.3 is 14.5 Å². The third-order valence-electron chi connectivity index (χ3n) is 3.79. The maximum absolute atomic E-state index is 12.3. The fourth-order valence-electron chi connectivity index (χ4n) is 2.19. The molecule has 5 nitrogen and oxygen atoms in total. The molecule has 0 saturated carbocycles. The lowest BCUT2D eigenvalue weighted by molar-refractivity contribution is -0.123. The van der Waals surface area contributed by atoms with Gasteiger partial charge in [-0.25, -0.2) is 4.79 Å². The molecule has 0 saturated heterocycles. The lowest BCUT2D eigenvalue weighted by atomic mass is 9.97. The Kier molecular flexibility index (Phi) is 6.20. The highest BCUT2D eigenvalue weighted by Gasteiger charge is 2.22. The van der Waals surface area contributed by atoms with Crippen LogP contribution in [0.15, 0.2) is 45.5 Å². The van der Waals surface area contributed by atoms with E-state index < -0.39 is 12.1 Å². The van der Waals surface area contributed by atoms with Crippen LogP contribution in [0.1, 0.15) is 49.2 Å². The third-order valence-corrected chi connectivity index (χ3v) is 4.22. The van der Waals surface area contributed by atoms with E-state index in [2.05, 4.69) is 35.1 Å². The van der Waals surface area contributed by atoms with Crippen LogP contribution in [-0.2, 0) is 9.53 Å². The van der Waals surface area contributed by atoms with E-state index in [-0.39, 0.29) is 11.7 Å². The number of hydrogen-bond donors (Lipinski definition) is 1. The number of ether oxygens (including phenoxy) is 1. The molecule has 2 aromatic rings. The van der Waals surface area contributed by atoms with E-state index in [1.54, 1.807) is 6.07 Å². The van der Waals surface area contributed by atoms with Crippen molar-refractivity contribution in [2.24, 2.45) is 0 Å². The molecule has 0 fully saturated rings. The Hall–Kier alpha value is -2.08. The molecule has 0 aliphatic carbocycles. The van der Waals surface area contributed by atoms with Gasteiger partial charge in [0, 0.05) is 5.69 Å². The van der Waals surface area contributed by atoms with Crippen LogP contribution in [0.2, 0.25) is 0 Å². The third kappa shape index (κ3) is 4.47. The van der Waals surface area contributed by atoms with Crippen LogP contribution in [0.3, 0.4) is 0 Å². The first kappa shape index (κ1) is 18.3. The standard InChI is InChI=1S/C18H20BrNO4/c1-4-11(2)13-7-5-6-8-14(13)20-17(21)12(3)23-18(22)15-9-10-16(19)24-15/h5-12H,4H2,1-3H3,(H,20,21)/t11-,12-/m1/s1. The number of amides is 1. The van der Waals surface area contributed by atoms with Gasteiger partial charge in [0.25, 0.3) is 5.91 Å². The predicted molar refractivity (Wildman–Crippen MR) is 95.1 cm³/mol. The van der Waals surface area contributed by atoms with E-state index in [0.717, 1.165) is 17.7 Å². The van der Waals surface area contributed by atoms with E-state index in [1.807, 2.05) is 24.3 Å². The highest BCUT2D eigenvalue weighted by atomic mass is 79.9. The van der Waals surface area contributed by atoms with Crippen molar-refractivity contribution in [1.29, 1.82) is 0 Å². The van der Waals surface area contributed by atoms with Gasteiger partial charge in [0.05, 0.1) is 0 Å². The van der Waals surface area contributed by atoms with Gasteiger partial charge >= 0.3 is 5.97 Å². The Morgan fingerprint density at radius 1 is 1.21 bits per heavy atom. The van der Waals surface area contributed by atoms with Crippen LogP contribution in [0, 0.1) is 0 Å². The molecule has 0 aliphatic heterocycles. The number of halogens is 1. The Labute approximate surface area is 149 Å². The second-order valence-electron chi connectivity index (χ2n) is 5.54. The number of furan rings is 1. The average molecular weight is 394 g/mol. The maximum atomic E-state index is 12.3. The van der Waals surface area contributed by atoms with E-state index in [1.165, 1.54) is 13.0 Å². The second kappa shape index (κ2) is 8.15. The van der Waals surface area contributed by atoms with Crippen molar-refractivity contribution in [3.63, 3.8) is 0 Å². The minimum absolute atomic E-state index is 0.0431. The first-order valence-electron chi connectivity index (χ1n) is 7.78. The molecule has 0 spiro atoms. The Morgan fingerprint density at radius 2 is 1.92 bits per heavy atom. The van der Waals surface area contributed by atoms with Gasteiger partial charge in [-0.05, 0) is 59.0 Å². The molecule has 24 heavy (non-hydrogen) atoms. The molecule has 0 unspecified atom stereocenters. The van der Waals surface area contributed by atoms with E-state index >= 15 is 0 Å². The number of carbonyl (C=O) groups is 2. The fourth-order valence-corrected chi connectivity index (χ4v) is 2.50. The van der Waals surface area contributed by atoms with Gasteiger partial charge in [-0.2, -0.15) is 0 Å². The number of esters is 1. The van der Waals surface area contributed by atoms with Gasteiger partial charge in [0.1, 0.15) is 0 Å². The van der Waals surface area contributed by atoms with Gasteiger partial charge in [0.15, 0.2) is 10.8 Å². The van der Waals surface area contributed by atoms with Gasteiger partial charge in [-0.3, -0.25) is 4.79 Å². The largest absolute Gasteiger partial charge is 0.447 e. The molecule has 1 N–H and O–H groups in total. The molecule has 1 aromatic carbocycles. The molecule has 128 valence electrons. The lowest BCUT2D eigenvalue weighted by Gasteiger charge is -2.17. The summed E-state index contributed by atoms with van der Waals surface area (Å²) in [5, 5.41) is 2.83. The van der Waals surface area contributed by atoms with Crippen LogP contribution in [-0.4, -0.2) is 18.0 Å². The molecule has 0 radical (unpaired) electrons. The number of anilines is 1. The fraction of sp³-hybridized carbons (Fsp3) is 0.333. The monoisotopic (exact) mass is 393 g/mol. The number of carbonyl (C=O) groups excluding carboxylic acids is 2. The van der Waals surface area contributed by atoms with E-state index in [0.29, 0.717) is 10.6 Å². The molecule has 2 rings (SSSR count). The average Bonchev–Trinajstić information content (AvgIpc) is 3.01. The minimum atomic E-state index is -0.939. The summed E-state index contributed by atoms with van der Waals surface area (Å²) in [4.78, 5) is 24.2. The first-order chi connectivity index (χ1) is 11.4. The molecule has 0 bridgehead atoms. The van der Waals surface area contributed by atoms with E-state index in [9.17, 15) is 9.59 Å². The summed E-state index contributed by atoms with van der Waals surface area (Å²) < 4.78 is 10.7. The summed E-state index contributed by atoms with van der Waals surface area (Å²) in [7, 11) is 0. The zero-order valence-corrected chi connectivity index (χ0v) is 15.4. The van der Waals surface area contributed by atoms with Crippen LogP contribution >= 0.6 is 15.9 Å². The van der Waals surface area contributed by atoms with Crippen molar-refractivity contribution in [3.05, 3.63) is 52.4 Å². The van der Waals surface area contributed by atoms with Crippen LogP contribution < -0.4 is 5.32 Å². The summed E-state index contributed by atoms with van der Waals surface area (Å²) in [6.07, 6.45) is 0.0245. The number of benzene rings is 1. The van der Waals surface area contributed by atoms with Crippen molar-refractivity contribution in [2.45, 2.75) is 39.2 Å². The molecule has 1 amide bonds. The second-order valence-corrected chi connectivity index (χ2v) is 6.32. The van der Waals surface area contributed by atoms with Crippen molar-refractivity contribution in [2.75, 3.05) is 5.32 Å². The Bertz CT molecular complexity index is 725. The van der Waals surface area contributed by atoms with Crippen molar-refractivity contribution < 1.29 is 18.7 Å². The summed E-state index contributed by atoms with van der Waals surface area (Å²) in [6, 6.07) is 10.7. The van der Waals surface area contributed by atoms with E-state index in [4.69, 9.17) is 9.15 Å². The quantitative estimate of drug-likeness (QED) is 0.719. The molecular formula is C18H20BrNO4. The van der Waals surface area contributed by atoms with Gasteiger partial charge in [-0.15, -0.1) is 0 Å². The zero-order valence-electron chi connectivity index (χ0n) is 13.8. The van der Waals surface area contributed by atoms with Crippen LogP contribution in [0.4, 0.5) is 5.69 Å². The molecule has 2 atom stereocenters. The number of hydrogen-bond acceptors (Lipinski definition) is 4. The smallest absolute Gasteiger partial charge is 0.375 e. The summed E-state index contributed by atoms with van der Waals surface area (Å²) in [5.41, 5.74) is 1.79. The lowest BCUT2D eigenvalue weighted by Crippen LogP contribution is -2.30. The summed E-state index contributed by atoms with van der Waals surface area (Å²) >= 11 is 3.11. The maximum Gasteiger partial charge on any atom is 0.375 e. The SMILES string of the molecule is CC[C@@H](C)c1ccccc1NC(=O)[C@@H](C)OC(=O)c1ccc(Br)o1. The minimum Gasteiger partial charge on any atom is -0.447 e. The number of rotatable bonds is 6. The number of para-hydroxylation sites is 1. The Morgan fingerprint density at radius 3 is 2.54 bits per heavy atom. The van der Waals surface area contributed by atoms with Crippen molar-refractivity contribution >= 4 is 33.5 Å². The van der Waals surface area contributed by atoms with Crippen molar-refractivity contribution in [1.82, 2.24) is 0 Å². The zero-order chi connectivity index (χ0) is 17.7. The highest BCUT2D eigenvalue weighted by Crippen LogP contribution is 2.26. The highest BCUT2D eigenvalue weighted by molar-refractivity contribution is 9.10. The molecule has 0 aliphatic rings. The molecular weight excluding hydrogens is 374 g/mol. The summed E-state index contributed by atoms with van der Waals surface area (Å²) in [6.45, 7) is 5.72. The van der Waals surface area contributed by atoms with Gasteiger partial charge in [-0.1, -0.05) is 32.0 Å². The molecule has 6 heteroatoms. The summed E-state index contributed by atoms with van der Waals surface area (Å²) in [5.74, 6) is -0.704. The van der Waals surface area contributed by atoms with Gasteiger partial charge in [0.2, 0.25) is 5.76 Å².